The Morgan fingerprint density at radius 3 is 2.73 bits per heavy atom. The second-order valence-electron chi connectivity index (χ2n) is 3.06. The highest BCUT2D eigenvalue weighted by Crippen LogP contribution is 2.27. The highest BCUT2D eigenvalue weighted by molar-refractivity contribution is 6.34. The maximum atomic E-state index is 10.6. The molecule has 1 atom stereocenters. The van der Waals surface area contributed by atoms with Gasteiger partial charge in [-0.3, -0.25) is 4.79 Å². The van der Waals surface area contributed by atoms with Crippen LogP contribution in [0, 0.1) is 0 Å². The van der Waals surface area contributed by atoms with Gasteiger partial charge >= 0.3 is 5.97 Å². The zero-order valence-corrected chi connectivity index (χ0v) is 9.29. The molecule has 0 aliphatic carbocycles. The van der Waals surface area contributed by atoms with Crippen LogP contribution in [-0.2, 0) is 4.79 Å². The molecule has 0 aliphatic heterocycles. The second-order valence-corrected chi connectivity index (χ2v) is 3.85. The number of carboxylic acid groups (broad SMARTS) is 1. The number of aromatic nitrogens is 1. The molecule has 0 aliphatic rings. The number of hydrogen-bond donors (Lipinski definition) is 2. The highest BCUT2D eigenvalue weighted by atomic mass is 35.5. The average molecular weight is 249 g/mol. The van der Waals surface area contributed by atoms with Crippen LogP contribution in [0.2, 0.25) is 10.2 Å². The first-order chi connectivity index (χ1) is 7.04. The van der Waals surface area contributed by atoms with Crippen molar-refractivity contribution in [2.24, 2.45) is 5.73 Å². The number of carboxylic acids is 1. The van der Waals surface area contributed by atoms with E-state index in [2.05, 4.69) is 4.98 Å². The van der Waals surface area contributed by atoms with Crippen molar-refractivity contribution in [3.63, 3.8) is 0 Å². The van der Waals surface area contributed by atoms with Gasteiger partial charge in [0.1, 0.15) is 5.15 Å². The number of nitrogens with zero attached hydrogens (tertiary/aromatic N) is 1. The predicted molar refractivity (Wildman–Crippen MR) is 58.3 cm³/mol. The third kappa shape index (κ3) is 3.34. The van der Waals surface area contributed by atoms with Crippen LogP contribution in [0.15, 0.2) is 12.3 Å². The Hall–Kier alpha value is -0.840. The zero-order chi connectivity index (χ0) is 11.4. The van der Waals surface area contributed by atoms with Crippen LogP contribution in [0.4, 0.5) is 0 Å². The van der Waals surface area contributed by atoms with Crippen LogP contribution in [-0.4, -0.2) is 22.6 Å². The summed E-state index contributed by atoms with van der Waals surface area (Å²) in [4.78, 5) is 14.4. The Morgan fingerprint density at radius 2 is 2.27 bits per heavy atom. The van der Waals surface area contributed by atoms with Gasteiger partial charge in [-0.1, -0.05) is 23.2 Å². The summed E-state index contributed by atoms with van der Waals surface area (Å²) in [5.41, 5.74) is 6.09. The van der Waals surface area contributed by atoms with Crippen LogP contribution in [0.5, 0.6) is 0 Å². The van der Waals surface area contributed by atoms with Gasteiger partial charge in [-0.05, 0) is 18.2 Å². The first-order valence-electron chi connectivity index (χ1n) is 4.27. The van der Waals surface area contributed by atoms with Gasteiger partial charge in [0.25, 0.3) is 0 Å². The quantitative estimate of drug-likeness (QED) is 0.799. The van der Waals surface area contributed by atoms with Crippen molar-refractivity contribution >= 4 is 29.2 Å². The molecule has 1 aromatic heterocycles. The summed E-state index contributed by atoms with van der Waals surface area (Å²) in [5.74, 6) is -1.25. The van der Waals surface area contributed by atoms with Crippen molar-refractivity contribution in [1.29, 1.82) is 0 Å². The first kappa shape index (κ1) is 12.2. The van der Waals surface area contributed by atoms with E-state index in [1.807, 2.05) is 0 Å². The van der Waals surface area contributed by atoms with Crippen molar-refractivity contribution < 1.29 is 9.90 Å². The van der Waals surface area contributed by atoms with E-state index in [4.69, 9.17) is 34.0 Å². The minimum atomic E-state index is -0.920. The Balaban J connectivity index is 2.96. The van der Waals surface area contributed by atoms with E-state index >= 15 is 0 Å². The largest absolute Gasteiger partial charge is 0.481 e. The summed E-state index contributed by atoms with van der Waals surface area (Å²) in [7, 11) is 0. The summed E-state index contributed by atoms with van der Waals surface area (Å²) < 4.78 is 0. The van der Waals surface area contributed by atoms with Gasteiger partial charge in [-0.25, -0.2) is 4.98 Å². The maximum Gasteiger partial charge on any atom is 0.304 e. The molecule has 1 aromatic rings. The monoisotopic (exact) mass is 248 g/mol. The lowest BCUT2D eigenvalue weighted by Gasteiger charge is -2.13. The Bertz CT molecular complexity index is 371. The molecule has 1 heterocycles. The molecule has 82 valence electrons. The summed E-state index contributed by atoms with van der Waals surface area (Å²) in [6.07, 6.45) is 1.39. The van der Waals surface area contributed by atoms with Crippen LogP contribution >= 0.6 is 23.2 Å². The molecule has 0 spiro atoms. The van der Waals surface area contributed by atoms with E-state index in [1.54, 1.807) is 0 Å². The number of halogens is 2. The third-order valence-corrected chi connectivity index (χ3v) is 2.53. The number of rotatable bonds is 4. The number of carbonyl (C=O) groups is 1. The number of hydrogen-bond acceptors (Lipinski definition) is 3. The van der Waals surface area contributed by atoms with Gasteiger partial charge in [0.15, 0.2) is 0 Å². The summed E-state index contributed by atoms with van der Waals surface area (Å²) in [6, 6.07) is 1.48. The summed E-state index contributed by atoms with van der Waals surface area (Å²) >= 11 is 11.5. The van der Waals surface area contributed by atoms with Gasteiger partial charge in [0, 0.05) is 17.1 Å². The molecule has 0 radical (unpaired) electrons. The Kier molecular flexibility index (Phi) is 4.32. The molecule has 1 unspecified atom stereocenters. The minimum absolute atomic E-state index is 0.0699. The van der Waals surface area contributed by atoms with E-state index in [0.717, 1.165) is 0 Å². The number of nitrogens with two attached hydrogens (primary N) is 1. The maximum absolute atomic E-state index is 10.6. The van der Waals surface area contributed by atoms with E-state index in [0.29, 0.717) is 10.6 Å². The Labute approximate surface area is 97.0 Å². The van der Waals surface area contributed by atoms with Crippen molar-refractivity contribution in [3.8, 4) is 0 Å². The van der Waals surface area contributed by atoms with Gasteiger partial charge in [-0.2, -0.15) is 0 Å². The lowest BCUT2D eigenvalue weighted by Crippen LogP contribution is -2.16. The molecule has 3 N–H and O–H groups in total. The van der Waals surface area contributed by atoms with Crippen LogP contribution in [0.3, 0.4) is 0 Å². The Morgan fingerprint density at radius 1 is 1.60 bits per heavy atom. The zero-order valence-electron chi connectivity index (χ0n) is 7.78. The summed E-state index contributed by atoms with van der Waals surface area (Å²) in [6.45, 7) is 0.204. The lowest BCUT2D eigenvalue weighted by atomic mass is 9.97. The van der Waals surface area contributed by atoms with Crippen LogP contribution in [0.25, 0.3) is 0 Å². The molecule has 0 saturated carbocycles. The molecule has 6 heteroatoms. The molecular weight excluding hydrogens is 239 g/mol. The molecule has 1 rings (SSSR count). The fourth-order valence-electron chi connectivity index (χ4n) is 1.25. The molecule has 0 amide bonds. The van der Waals surface area contributed by atoms with E-state index in [1.165, 1.54) is 12.3 Å². The second kappa shape index (κ2) is 5.30. The smallest absolute Gasteiger partial charge is 0.304 e. The van der Waals surface area contributed by atoms with E-state index in [-0.39, 0.29) is 24.0 Å². The van der Waals surface area contributed by atoms with Crippen molar-refractivity contribution in [1.82, 2.24) is 4.98 Å². The van der Waals surface area contributed by atoms with Gasteiger partial charge in [0.05, 0.1) is 6.42 Å². The molecule has 0 fully saturated rings. The minimum Gasteiger partial charge on any atom is -0.481 e. The van der Waals surface area contributed by atoms with Crippen molar-refractivity contribution in [3.05, 3.63) is 28.0 Å². The molecule has 0 bridgehead atoms. The first-order valence-corrected chi connectivity index (χ1v) is 5.03. The predicted octanol–water partition coefficient (Wildman–Crippen LogP) is 1.91. The molecular formula is C9H10Cl2N2O2. The number of pyridine rings is 1. The van der Waals surface area contributed by atoms with Crippen LogP contribution in [0.1, 0.15) is 17.9 Å². The topological polar surface area (TPSA) is 76.2 Å². The highest BCUT2D eigenvalue weighted by Gasteiger charge is 2.17. The fourth-order valence-corrected chi connectivity index (χ4v) is 1.77. The molecule has 15 heavy (non-hydrogen) atoms. The third-order valence-electron chi connectivity index (χ3n) is 1.99. The normalized spacial score (nSPS) is 12.5. The van der Waals surface area contributed by atoms with Crippen LogP contribution < -0.4 is 5.73 Å². The molecule has 4 nitrogen and oxygen atoms in total. The standard InChI is InChI=1S/C9H10Cl2N2O2/c10-7-2-8(11)13-4-6(7)5(3-12)1-9(14)15/h2,4-5H,1,3,12H2,(H,14,15). The van der Waals surface area contributed by atoms with E-state index in [9.17, 15) is 4.79 Å². The number of aliphatic carboxylic acids is 1. The molecule has 0 saturated heterocycles. The van der Waals surface area contributed by atoms with Crippen molar-refractivity contribution in [2.45, 2.75) is 12.3 Å². The van der Waals surface area contributed by atoms with Gasteiger partial charge < -0.3 is 10.8 Å². The average Bonchev–Trinajstić information content (AvgIpc) is 2.14. The van der Waals surface area contributed by atoms with Crippen molar-refractivity contribution in [2.75, 3.05) is 6.54 Å². The van der Waals surface area contributed by atoms with Gasteiger partial charge in [0.2, 0.25) is 0 Å². The summed E-state index contributed by atoms with van der Waals surface area (Å²) in [5, 5.41) is 9.34. The van der Waals surface area contributed by atoms with E-state index < -0.39 is 5.97 Å². The fraction of sp³-hybridized carbons (Fsp3) is 0.333. The SMILES string of the molecule is NCC(CC(=O)O)c1cnc(Cl)cc1Cl. The lowest BCUT2D eigenvalue weighted by molar-refractivity contribution is -0.137. The molecule has 0 aromatic carbocycles. The van der Waals surface area contributed by atoms with Gasteiger partial charge in [-0.15, -0.1) is 0 Å².